The van der Waals surface area contributed by atoms with Gasteiger partial charge in [0.15, 0.2) is 0 Å². The van der Waals surface area contributed by atoms with Crippen LogP contribution in [0, 0.1) is 5.41 Å². The van der Waals surface area contributed by atoms with Crippen molar-refractivity contribution in [2.24, 2.45) is 5.41 Å². The zero-order chi connectivity index (χ0) is 17.9. The SMILES string of the molecule is COc1ccc(C(N(C(=O)O)c2ccc(OC)o2)C(C)(C)C)cc1. The zero-order valence-corrected chi connectivity index (χ0v) is 14.6. The number of hydrogen-bond donors (Lipinski definition) is 1. The molecule has 1 amide bonds. The van der Waals surface area contributed by atoms with Crippen LogP contribution in [0.4, 0.5) is 10.7 Å². The Bertz CT molecular complexity index is 684. The van der Waals surface area contributed by atoms with Crippen molar-refractivity contribution in [3.05, 3.63) is 42.0 Å². The number of amides is 1. The number of furan rings is 1. The fraction of sp³-hybridized carbons (Fsp3) is 0.389. The molecule has 0 aliphatic carbocycles. The molecule has 1 atom stereocenters. The maximum atomic E-state index is 12.0. The normalized spacial score (nSPS) is 12.5. The van der Waals surface area contributed by atoms with E-state index in [2.05, 4.69) is 0 Å². The summed E-state index contributed by atoms with van der Waals surface area (Å²) >= 11 is 0. The molecule has 1 unspecified atom stereocenters. The zero-order valence-electron chi connectivity index (χ0n) is 14.6. The van der Waals surface area contributed by atoms with Crippen molar-refractivity contribution in [3.8, 4) is 11.7 Å². The van der Waals surface area contributed by atoms with E-state index < -0.39 is 12.1 Å². The van der Waals surface area contributed by atoms with Gasteiger partial charge in [0.05, 0.1) is 20.3 Å². The van der Waals surface area contributed by atoms with E-state index in [4.69, 9.17) is 13.9 Å². The van der Waals surface area contributed by atoms with E-state index >= 15 is 0 Å². The first-order valence-electron chi connectivity index (χ1n) is 7.58. The molecule has 1 aromatic heterocycles. The Kier molecular flexibility index (Phi) is 5.07. The minimum absolute atomic E-state index is 0.218. The maximum Gasteiger partial charge on any atom is 0.414 e. The summed E-state index contributed by atoms with van der Waals surface area (Å²) in [5, 5.41) is 9.80. The largest absolute Gasteiger partial charge is 0.497 e. The predicted octanol–water partition coefficient (Wildman–Crippen LogP) is 4.57. The van der Waals surface area contributed by atoms with Crippen molar-refractivity contribution in [1.82, 2.24) is 0 Å². The van der Waals surface area contributed by atoms with Gasteiger partial charge in [-0.15, -0.1) is 0 Å². The molecule has 0 saturated heterocycles. The Morgan fingerprint density at radius 2 is 1.71 bits per heavy atom. The van der Waals surface area contributed by atoms with Gasteiger partial charge in [0.25, 0.3) is 5.95 Å². The summed E-state index contributed by atoms with van der Waals surface area (Å²) in [4.78, 5) is 13.2. The number of benzene rings is 1. The van der Waals surface area contributed by atoms with Crippen LogP contribution in [0.1, 0.15) is 32.4 Å². The van der Waals surface area contributed by atoms with E-state index in [0.29, 0.717) is 5.75 Å². The number of carbonyl (C=O) groups is 1. The van der Waals surface area contributed by atoms with Crippen LogP contribution >= 0.6 is 0 Å². The van der Waals surface area contributed by atoms with Gasteiger partial charge in [-0.25, -0.2) is 9.69 Å². The molecule has 0 fully saturated rings. The lowest BCUT2D eigenvalue weighted by atomic mass is 9.81. The van der Waals surface area contributed by atoms with Crippen LogP contribution in [0.15, 0.2) is 40.8 Å². The fourth-order valence-electron chi connectivity index (χ4n) is 2.70. The third-order valence-corrected chi connectivity index (χ3v) is 3.72. The second-order valence-corrected chi connectivity index (χ2v) is 6.49. The average molecular weight is 333 g/mol. The van der Waals surface area contributed by atoms with Crippen LogP contribution in [0.25, 0.3) is 0 Å². The number of carboxylic acid groups (broad SMARTS) is 1. The van der Waals surface area contributed by atoms with Gasteiger partial charge in [0.2, 0.25) is 5.88 Å². The predicted molar refractivity (Wildman–Crippen MR) is 91.0 cm³/mol. The summed E-state index contributed by atoms with van der Waals surface area (Å²) in [7, 11) is 3.06. The summed E-state index contributed by atoms with van der Waals surface area (Å²) in [6.07, 6.45) is -1.09. The molecule has 6 nitrogen and oxygen atoms in total. The van der Waals surface area contributed by atoms with Crippen LogP contribution in [0.5, 0.6) is 11.7 Å². The number of nitrogens with zero attached hydrogens (tertiary/aromatic N) is 1. The fourth-order valence-corrected chi connectivity index (χ4v) is 2.70. The first-order valence-corrected chi connectivity index (χ1v) is 7.58. The van der Waals surface area contributed by atoms with Crippen LogP contribution in [0.3, 0.4) is 0 Å². The van der Waals surface area contributed by atoms with Crippen LogP contribution in [-0.4, -0.2) is 25.4 Å². The van der Waals surface area contributed by atoms with Gasteiger partial charge in [-0.3, -0.25) is 0 Å². The second-order valence-electron chi connectivity index (χ2n) is 6.49. The molecule has 130 valence electrons. The Balaban J connectivity index is 2.52. The van der Waals surface area contributed by atoms with Crippen LogP contribution in [0.2, 0.25) is 0 Å². The lowest BCUT2D eigenvalue weighted by Gasteiger charge is -2.37. The van der Waals surface area contributed by atoms with E-state index in [1.165, 1.54) is 12.0 Å². The van der Waals surface area contributed by atoms with Gasteiger partial charge in [-0.1, -0.05) is 32.9 Å². The van der Waals surface area contributed by atoms with E-state index in [-0.39, 0.29) is 17.2 Å². The first kappa shape index (κ1) is 17.7. The molecule has 6 heteroatoms. The standard InChI is InChI=1S/C18H23NO5/c1-18(2,3)16(12-6-8-13(22-4)9-7-12)19(17(20)21)14-10-11-15(23-5)24-14/h6-11,16H,1-5H3,(H,20,21). The minimum atomic E-state index is -1.09. The molecule has 0 saturated carbocycles. The van der Waals surface area contributed by atoms with Gasteiger partial charge < -0.3 is 19.0 Å². The van der Waals surface area contributed by atoms with E-state index in [1.54, 1.807) is 19.2 Å². The number of rotatable bonds is 5. The molecule has 1 N–H and O–H groups in total. The lowest BCUT2D eigenvalue weighted by molar-refractivity contribution is 0.185. The Morgan fingerprint density at radius 3 is 2.12 bits per heavy atom. The smallest absolute Gasteiger partial charge is 0.414 e. The number of anilines is 1. The average Bonchev–Trinajstić information content (AvgIpc) is 2.99. The number of hydrogen-bond acceptors (Lipinski definition) is 4. The molecule has 0 aliphatic rings. The van der Waals surface area contributed by atoms with Crippen molar-refractivity contribution in [2.75, 3.05) is 19.1 Å². The molecule has 0 radical (unpaired) electrons. The Labute approximate surface area is 141 Å². The third kappa shape index (κ3) is 3.64. The molecule has 0 bridgehead atoms. The molecular formula is C18H23NO5. The topological polar surface area (TPSA) is 72.1 Å². The van der Waals surface area contributed by atoms with Crippen molar-refractivity contribution in [1.29, 1.82) is 0 Å². The van der Waals surface area contributed by atoms with Gasteiger partial charge in [0.1, 0.15) is 5.75 Å². The molecular weight excluding hydrogens is 310 g/mol. The Hall–Kier alpha value is -2.63. The van der Waals surface area contributed by atoms with E-state index in [1.807, 2.05) is 45.0 Å². The Morgan fingerprint density at radius 1 is 1.08 bits per heavy atom. The minimum Gasteiger partial charge on any atom is -0.497 e. The van der Waals surface area contributed by atoms with Crippen molar-refractivity contribution >= 4 is 12.0 Å². The molecule has 2 aromatic rings. The second kappa shape index (κ2) is 6.86. The number of ether oxygens (including phenoxy) is 2. The molecule has 0 spiro atoms. The van der Waals surface area contributed by atoms with Crippen LogP contribution < -0.4 is 14.4 Å². The monoisotopic (exact) mass is 333 g/mol. The van der Waals surface area contributed by atoms with E-state index in [0.717, 1.165) is 5.56 Å². The highest BCUT2D eigenvalue weighted by Gasteiger charge is 2.37. The van der Waals surface area contributed by atoms with Crippen molar-refractivity contribution < 1.29 is 23.8 Å². The first-order chi connectivity index (χ1) is 11.3. The summed E-state index contributed by atoms with van der Waals surface area (Å²) < 4.78 is 15.7. The van der Waals surface area contributed by atoms with Crippen LogP contribution in [-0.2, 0) is 0 Å². The van der Waals surface area contributed by atoms with Crippen molar-refractivity contribution in [3.63, 3.8) is 0 Å². The summed E-state index contributed by atoms with van der Waals surface area (Å²) in [5.41, 5.74) is 0.480. The highest BCUT2D eigenvalue weighted by molar-refractivity contribution is 5.85. The molecule has 0 aliphatic heterocycles. The summed E-state index contributed by atoms with van der Waals surface area (Å²) in [5.74, 6) is 1.20. The molecule has 1 heterocycles. The lowest BCUT2D eigenvalue weighted by Crippen LogP contribution is -2.40. The molecule has 1 aromatic carbocycles. The van der Waals surface area contributed by atoms with Gasteiger partial charge >= 0.3 is 6.09 Å². The summed E-state index contributed by atoms with van der Waals surface area (Å²) in [6.45, 7) is 5.95. The van der Waals surface area contributed by atoms with Gasteiger partial charge in [-0.05, 0) is 23.1 Å². The van der Waals surface area contributed by atoms with Crippen molar-refractivity contribution in [2.45, 2.75) is 26.8 Å². The third-order valence-electron chi connectivity index (χ3n) is 3.72. The molecule has 2 rings (SSSR count). The quantitative estimate of drug-likeness (QED) is 0.868. The number of methoxy groups -OCH3 is 2. The summed E-state index contributed by atoms with van der Waals surface area (Å²) in [6, 6.07) is 10.1. The molecule has 24 heavy (non-hydrogen) atoms. The van der Waals surface area contributed by atoms with E-state index in [9.17, 15) is 9.90 Å². The highest BCUT2D eigenvalue weighted by atomic mass is 16.6. The van der Waals surface area contributed by atoms with Gasteiger partial charge in [0, 0.05) is 12.1 Å². The highest BCUT2D eigenvalue weighted by Crippen LogP contribution is 2.42. The van der Waals surface area contributed by atoms with Gasteiger partial charge in [-0.2, -0.15) is 0 Å². The maximum absolute atomic E-state index is 12.0.